The van der Waals surface area contributed by atoms with Crippen LogP contribution in [0.25, 0.3) is 0 Å². The third-order valence-electron chi connectivity index (χ3n) is 5.97. The number of rotatable bonds is 9. The molecule has 2 aliphatic heterocycles. The summed E-state index contributed by atoms with van der Waals surface area (Å²) in [6.07, 6.45) is 1.91. The normalized spacial score (nSPS) is 17.3. The number of Topliss-reactive ketones (excluding diaryl/α,β-unsaturated/α-hetero) is 1. The van der Waals surface area contributed by atoms with E-state index in [1.165, 1.54) is 4.90 Å². The van der Waals surface area contributed by atoms with Gasteiger partial charge in [0.05, 0.1) is 11.8 Å². The van der Waals surface area contributed by atoms with Crippen molar-refractivity contribution in [3.05, 3.63) is 53.6 Å². The van der Waals surface area contributed by atoms with Gasteiger partial charge >= 0.3 is 0 Å². The molecule has 1 fully saturated rings. The maximum Gasteiger partial charge on any atom is 0.265 e. The van der Waals surface area contributed by atoms with Crippen molar-refractivity contribution in [3.63, 3.8) is 0 Å². The summed E-state index contributed by atoms with van der Waals surface area (Å²) in [6, 6.07) is 12.5. The second-order valence-electron chi connectivity index (χ2n) is 8.83. The van der Waals surface area contributed by atoms with Gasteiger partial charge in [0.15, 0.2) is 19.0 Å². The molecule has 4 rings (SSSR count). The first-order valence-corrected chi connectivity index (χ1v) is 11.6. The Morgan fingerprint density at radius 1 is 1.21 bits per heavy atom. The number of carbonyl (C=O) groups is 3. The fourth-order valence-corrected chi connectivity index (χ4v) is 3.98. The monoisotopic (exact) mass is 466 g/mol. The first-order chi connectivity index (χ1) is 16.4. The molecule has 2 aromatic rings. The van der Waals surface area contributed by atoms with Crippen LogP contribution in [0, 0.1) is 0 Å². The lowest BCUT2D eigenvalue weighted by Crippen LogP contribution is -2.46. The molecule has 180 valence electrons. The molecule has 0 bridgehead atoms. The van der Waals surface area contributed by atoms with E-state index in [2.05, 4.69) is 19.2 Å². The second-order valence-corrected chi connectivity index (χ2v) is 8.83. The lowest BCUT2D eigenvalue weighted by molar-refractivity contribution is -0.125. The minimum atomic E-state index is -0.342. The van der Waals surface area contributed by atoms with E-state index in [1.807, 2.05) is 24.3 Å². The number of hydrogen-bond donors (Lipinski definition) is 1. The predicted molar refractivity (Wildman–Crippen MR) is 127 cm³/mol. The van der Waals surface area contributed by atoms with Gasteiger partial charge in [0.25, 0.3) is 5.91 Å². The average molecular weight is 467 g/mol. The number of fused-ring (bicyclic) bond motifs is 1. The molecule has 0 spiro atoms. The number of nitrogens with zero attached hydrogens (tertiary/aromatic N) is 1. The zero-order chi connectivity index (χ0) is 24.1. The number of hydrogen-bond acceptors (Lipinski definition) is 6. The Kier molecular flexibility index (Phi) is 7.47. The van der Waals surface area contributed by atoms with E-state index in [4.69, 9.17) is 14.2 Å². The second kappa shape index (κ2) is 10.7. The van der Waals surface area contributed by atoms with Crippen LogP contribution in [-0.2, 0) is 14.3 Å². The van der Waals surface area contributed by atoms with Crippen LogP contribution in [-0.4, -0.2) is 56.6 Å². The molecule has 0 aliphatic carbocycles. The van der Waals surface area contributed by atoms with Gasteiger partial charge in [-0.05, 0) is 54.7 Å². The third-order valence-corrected chi connectivity index (χ3v) is 5.97. The van der Waals surface area contributed by atoms with Crippen LogP contribution >= 0.6 is 0 Å². The van der Waals surface area contributed by atoms with Crippen molar-refractivity contribution in [2.75, 3.05) is 37.8 Å². The summed E-state index contributed by atoms with van der Waals surface area (Å²) in [5.41, 5.74) is 1.90. The Morgan fingerprint density at radius 2 is 2.06 bits per heavy atom. The quantitative estimate of drug-likeness (QED) is 0.571. The molecule has 0 aromatic heterocycles. The summed E-state index contributed by atoms with van der Waals surface area (Å²) in [4.78, 5) is 39.2. The van der Waals surface area contributed by atoms with E-state index >= 15 is 0 Å². The van der Waals surface area contributed by atoms with E-state index in [0.717, 1.165) is 18.4 Å². The molecule has 2 aromatic carbocycles. The Hall–Kier alpha value is -3.39. The minimum absolute atomic E-state index is 0.0158. The summed E-state index contributed by atoms with van der Waals surface area (Å²) >= 11 is 0. The molecule has 2 amide bonds. The highest BCUT2D eigenvalue weighted by molar-refractivity contribution is 6.04. The maximum absolute atomic E-state index is 12.8. The molecule has 1 N–H and O–H groups in total. The van der Waals surface area contributed by atoms with Crippen LogP contribution in [0.3, 0.4) is 0 Å². The highest BCUT2D eigenvalue weighted by Gasteiger charge is 2.29. The van der Waals surface area contributed by atoms with E-state index in [0.29, 0.717) is 41.8 Å². The number of benzene rings is 2. The van der Waals surface area contributed by atoms with E-state index in [1.54, 1.807) is 18.2 Å². The molecule has 0 radical (unpaired) electrons. The number of ketones is 1. The first kappa shape index (κ1) is 23.8. The molecule has 1 saturated heterocycles. The highest BCUT2D eigenvalue weighted by atomic mass is 16.5. The van der Waals surface area contributed by atoms with Crippen LogP contribution in [0.2, 0.25) is 0 Å². The molecular weight excluding hydrogens is 436 g/mol. The Balaban J connectivity index is 1.42. The van der Waals surface area contributed by atoms with E-state index in [9.17, 15) is 14.4 Å². The van der Waals surface area contributed by atoms with Crippen LogP contribution in [0.4, 0.5) is 5.69 Å². The first-order valence-electron chi connectivity index (χ1n) is 11.6. The summed E-state index contributed by atoms with van der Waals surface area (Å²) in [5, 5.41) is 2.83. The smallest absolute Gasteiger partial charge is 0.265 e. The van der Waals surface area contributed by atoms with Gasteiger partial charge in [-0.1, -0.05) is 26.0 Å². The molecule has 34 heavy (non-hydrogen) atoms. The van der Waals surface area contributed by atoms with Crippen molar-refractivity contribution in [2.45, 2.75) is 38.7 Å². The standard InChI is InChI=1S/C26H30N2O6/c1-17(2)18-5-3-6-20(11-18)33-15-23(29)19-8-9-24-22(12-19)28(26(31)16-34-24)14-25(30)27-13-21-7-4-10-32-21/h3,5-6,8-9,11-12,17,21H,4,7,10,13-16H2,1-2H3,(H,27,30). The zero-order valence-electron chi connectivity index (χ0n) is 19.5. The van der Waals surface area contributed by atoms with Crippen molar-refractivity contribution >= 4 is 23.3 Å². The lowest BCUT2D eigenvalue weighted by Gasteiger charge is -2.29. The summed E-state index contributed by atoms with van der Waals surface area (Å²) in [7, 11) is 0. The van der Waals surface area contributed by atoms with E-state index < -0.39 is 0 Å². The van der Waals surface area contributed by atoms with Gasteiger partial charge in [-0.15, -0.1) is 0 Å². The number of ether oxygens (including phenoxy) is 3. The van der Waals surface area contributed by atoms with Gasteiger partial charge in [-0.2, -0.15) is 0 Å². The van der Waals surface area contributed by atoms with Crippen LogP contribution in [0.5, 0.6) is 11.5 Å². The van der Waals surface area contributed by atoms with Crippen LogP contribution in [0.1, 0.15) is 48.5 Å². The van der Waals surface area contributed by atoms with Crippen molar-refractivity contribution < 1.29 is 28.6 Å². The number of nitrogens with one attached hydrogen (secondary N) is 1. The molecule has 8 heteroatoms. The fraction of sp³-hybridized carbons (Fsp3) is 0.423. The predicted octanol–water partition coefficient (Wildman–Crippen LogP) is 3.09. The van der Waals surface area contributed by atoms with Gasteiger partial charge in [-0.3, -0.25) is 19.3 Å². The van der Waals surface area contributed by atoms with Gasteiger partial charge in [0, 0.05) is 18.7 Å². The van der Waals surface area contributed by atoms with Crippen molar-refractivity contribution in [2.24, 2.45) is 0 Å². The maximum atomic E-state index is 12.8. The van der Waals surface area contributed by atoms with Crippen molar-refractivity contribution in [3.8, 4) is 11.5 Å². The molecule has 2 aliphatic rings. The molecule has 1 atom stereocenters. The largest absolute Gasteiger partial charge is 0.485 e. The van der Waals surface area contributed by atoms with Gasteiger partial charge in [0.1, 0.15) is 18.0 Å². The summed E-state index contributed by atoms with van der Waals surface area (Å²) < 4.78 is 16.7. The summed E-state index contributed by atoms with van der Waals surface area (Å²) in [6.45, 7) is 4.85. The SMILES string of the molecule is CC(C)c1cccc(OCC(=O)c2ccc3c(c2)N(CC(=O)NCC2CCCO2)C(=O)CO3)c1. The molecule has 8 nitrogen and oxygen atoms in total. The fourth-order valence-electron chi connectivity index (χ4n) is 3.98. The Labute approximate surface area is 199 Å². The van der Waals surface area contributed by atoms with Gasteiger partial charge in [-0.25, -0.2) is 0 Å². The van der Waals surface area contributed by atoms with Gasteiger partial charge < -0.3 is 19.5 Å². The zero-order valence-corrected chi connectivity index (χ0v) is 19.5. The van der Waals surface area contributed by atoms with E-state index in [-0.39, 0.29) is 43.5 Å². The van der Waals surface area contributed by atoms with Crippen molar-refractivity contribution in [1.82, 2.24) is 5.32 Å². The topological polar surface area (TPSA) is 94.2 Å². The number of amides is 2. The number of anilines is 1. The minimum Gasteiger partial charge on any atom is -0.485 e. The van der Waals surface area contributed by atoms with Crippen LogP contribution < -0.4 is 19.7 Å². The third kappa shape index (κ3) is 5.75. The molecule has 2 heterocycles. The molecular formula is C26H30N2O6. The Bertz CT molecular complexity index is 1060. The Morgan fingerprint density at radius 3 is 2.82 bits per heavy atom. The molecule has 1 unspecified atom stereocenters. The van der Waals surface area contributed by atoms with Crippen LogP contribution in [0.15, 0.2) is 42.5 Å². The van der Waals surface area contributed by atoms with Crippen molar-refractivity contribution in [1.29, 1.82) is 0 Å². The van der Waals surface area contributed by atoms with Gasteiger partial charge in [0.2, 0.25) is 5.91 Å². The highest BCUT2D eigenvalue weighted by Crippen LogP contribution is 2.33. The summed E-state index contributed by atoms with van der Waals surface area (Å²) in [5.74, 6) is 0.562. The lowest BCUT2D eigenvalue weighted by atomic mass is 10.0. The average Bonchev–Trinajstić information content (AvgIpc) is 3.36. The number of carbonyl (C=O) groups excluding carboxylic acids is 3. The molecule has 0 saturated carbocycles.